The molecular formula is C40H76N2O8. The van der Waals surface area contributed by atoms with E-state index in [2.05, 4.69) is 73.4 Å². The fourth-order valence-electron chi connectivity index (χ4n) is 4.11. The number of esters is 1. The second-order valence-corrected chi connectivity index (χ2v) is 10.7. The highest BCUT2D eigenvalue weighted by molar-refractivity contribution is 5.75. The molecule has 0 spiro atoms. The lowest BCUT2D eigenvalue weighted by atomic mass is 10.1. The van der Waals surface area contributed by atoms with Gasteiger partial charge >= 0.3 is 5.97 Å². The topological polar surface area (TPSA) is 145 Å². The van der Waals surface area contributed by atoms with E-state index in [1.807, 2.05) is 34.6 Å². The van der Waals surface area contributed by atoms with E-state index < -0.39 is 11.1 Å². The van der Waals surface area contributed by atoms with E-state index in [1.54, 1.807) is 0 Å². The summed E-state index contributed by atoms with van der Waals surface area (Å²) in [6.07, 6.45) is 21.5. The predicted molar refractivity (Wildman–Crippen MR) is 209 cm³/mol. The number of hydrogen-bond donors (Lipinski definition) is 2. The van der Waals surface area contributed by atoms with Crippen LogP contribution < -0.4 is 5.32 Å². The molecule has 0 bridgehead atoms. The molecule has 1 amide bonds. The van der Waals surface area contributed by atoms with E-state index in [0.717, 1.165) is 32.4 Å². The van der Waals surface area contributed by atoms with E-state index in [1.165, 1.54) is 63.4 Å². The van der Waals surface area contributed by atoms with Crippen LogP contribution in [0.3, 0.4) is 0 Å². The third-order valence-electron chi connectivity index (χ3n) is 6.33. The molecule has 2 N–H and O–H groups in total. The number of aliphatic hydroxyl groups is 1. The summed E-state index contributed by atoms with van der Waals surface area (Å²) in [4.78, 5) is 45.3. The Bertz CT molecular complexity index is 845. The second kappa shape index (κ2) is 52.5. The van der Waals surface area contributed by atoms with Crippen LogP contribution in [0.1, 0.15) is 157 Å². The molecule has 10 heteroatoms. The van der Waals surface area contributed by atoms with Crippen molar-refractivity contribution in [2.45, 2.75) is 158 Å². The van der Waals surface area contributed by atoms with Crippen molar-refractivity contribution in [3.63, 3.8) is 0 Å². The molecule has 1 saturated carbocycles. The predicted octanol–water partition coefficient (Wildman–Crippen LogP) is 10.0. The molecule has 0 saturated heterocycles. The Morgan fingerprint density at radius 1 is 0.880 bits per heavy atom. The molecular weight excluding hydrogens is 636 g/mol. The van der Waals surface area contributed by atoms with Gasteiger partial charge in [0.25, 0.3) is 5.09 Å². The number of nitrogens with one attached hydrogen (secondary N) is 1. The zero-order valence-electron chi connectivity index (χ0n) is 33.4. The maximum Gasteiger partial charge on any atom is 0.306 e. The van der Waals surface area contributed by atoms with E-state index in [9.17, 15) is 24.5 Å². The molecule has 0 heterocycles. The van der Waals surface area contributed by atoms with Gasteiger partial charge < -0.3 is 24.8 Å². The van der Waals surface area contributed by atoms with Crippen molar-refractivity contribution >= 4 is 18.2 Å². The molecule has 1 aromatic carbocycles. The van der Waals surface area contributed by atoms with Crippen LogP contribution >= 0.6 is 0 Å². The van der Waals surface area contributed by atoms with Crippen molar-refractivity contribution in [2.75, 3.05) is 26.9 Å². The van der Waals surface area contributed by atoms with E-state index in [-0.39, 0.29) is 32.0 Å². The second-order valence-electron chi connectivity index (χ2n) is 10.7. The zero-order valence-corrected chi connectivity index (χ0v) is 33.4. The van der Waals surface area contributed by atoms with Crippen LogP contribution in [0.4, 0.5) is 0 Å². The van der Waals surface area contributed by atoms with Gasteiger partial charge in [-0.1, -0.05) is 123 Å². The van der Waals surface area contributed by atoms with Gasteiger partial charge in [-0.3, -0.25) is 9.59 Å². The van der Waals surface area contributed by atoms with Crippen LogP contribution in [-0.2, 0) is 30.4 Å². The fraction of sp³-hybridized carbons (Fsp3) is 0.725. The van der Waals surface area contributed by atoms with Gasteiger partial charge in [-0.05, 0) is 69.8 Å². The molecule has 1 fully saturated rings. The summed E-state index contributed by atoms with van der Waals surface area (Å²) in [5, 5.41) is 18.6. The number of carbonyl (C=O) groups is 3. The van der Waals surface area contributed by atoms with Crippen molar-refractivity contribution in [2.24, 2.45) is 5.92 Å². The first-order valence-electron chi connectivity index (χ1n) is 19.1. The number of rotatable bonds is 19. The SMILES string of the molecule is C(=C\C1CCCC1)/CCCc1ccccc1.CC.CC.CCC.CCCCCC(=O)NCC.CO.O=CCCC(=O)OCCCCO[N+](=O)[O-]. The monoisotopic (exact) mass is 713 g/mol. The lowest BCUT2D eigenvalue weighted by molar-refractivity contribution is -0.757. The molecule has 0 radical (unpaired) electrons. The van der Waals surface area contributed by atoms with Gasteiger partial charge in [0.05, 0.1) is 19.6 Å². The van der Waals surface area contributed by atoms with Gasteiger partial charge in [0.15, 0.2) is 0 Å². The first kappa shape index (κ1) is 56.1. The minimum atomic E-state index is -0.865. The average molecular weight is 713 g/mol. The molecule has 10 nitrogen and oxygen atoms in total. The van der Waals surface area contributed by atoms with E-state index in [4.69, 9.17) is 9.84 Å². The smallest absolute Gasteiger partial charge is 0.306 e. The van der Waals surface area contributed by atoms with Gasteiger partial charge in [-0.15, -0.1) is 10.1 Å². The van der Waals surface area contributed by atoms with Crippen LogP contribution in [0.5, 0.6) is 0 Å². The van der Waals surface area contributed by atoms with E-state index in [0.29, 0.717) is 25.5 Å². The van der Waals surface area contributed by atoms with Crippen LogP contribution in [0.15, 0.2) is 42.5 Å². The van der Waals surface area contributed by atoms with Crippen molar-refractivity contribution in [1.82, 2.24) is 5.32 Å². The highest BCUT2D eigenvalue weighted by Crippen LogP contribution is 2.25. The standard InChI is InChI=1S/C16H22.C8H13NO6.C8H17NO.C3H8.2C2H6.CH4O/c1-3-9-15(10-4-1)11-5-2-6-12-16-13-7-8-14-16;10-5-3-4-8(11)14-6-1-2-7-15-9(12)13;1-3-5-6-7-8(10)9-4-2;1-3-2;3*1-2/h1,3-4,6,9-10,12,16H,2,5,7-8,11,13-14H2;5H,1-4,6-7H2;3-7H2,1-2H3,(H,9,10);3H2,1-2H3;2*1-2H3;2H,1H3/b12-6+;;;;;;. The van der Waals surface area contributed by atoms with Crippen molar-refractivity contribution in [3.05, 3.63) is 58.2 Å². The number of amides is 1. The Kier molecular flexibility index (Phi) is 59.0. The van der Waals surface area contributed by atoms with Crippen LogP contribution in [0, 0.1) is 16.0 Å². The Hall–Kier alpha value is -3.27. The van der Waals surface area contributed by atoms with Gasteiger partial charge in [0.1, 0.15) is 6.29 Å². The summed E-state index contributed by atoms with van der Waals surface area (Å²) in [6, 6.07) is 10.8. The molecule has 2 rings (SSSR count). The lowest BCUT2D eigenvalue weighted by Gasteiger charge is -2.02. The largest absolute Gasteiger partial charge is 0.466 e. The molecule has 0 unspecified atom stereocenters. The lowest BCUT2D eigenvalue weighted by Crippen LogP contribution is -2.21. The normalized spacial score (nSPS) is 10.9. The number of unbranched alkanes of at least 4 members (excludes halogenated alkanes) is 4. The number of aliphatic hydroxyl groups excluding tert-OH is 1. The highest BCUT2D eigenvalue weighted by atomic mass is 16.9. The number of carbonyl (C=O) groups excluding carboxylic acids is 3. The Morgan fingerprint density at radius 2 is 1.46 bits per heavy atom. The molecule has 0 aliphatic heterocycles. The molecule has 294 valence electrons. The first-order valence-corrected chi connectivity index (χ1v) is 19.1. The molecule has 1 aliphatic rings. The van der Waals surface area contributed by atoms with Gasteiger partial charge in [-0.25, -0.2) is 0 Å². The third kappa shape index (κ3) is 51.6. The van der Waals surface area contributed by atoms with Crippen LogP contribution in [-0.4, -0.2) is 55.2 Å². The van der Waals surface area contributed by atoms with Crippen LogP contribution in [0.25, 0.3) is 0 Å². The highest BCUT2D eigenvalue weighted by Gasteiger charge is 2.10. The van der Waals surface area contributed by atoms with E-state index >= 15 is 0 Å². The maximum absolute atomic E-state index is 10.8. The summed E-state index contributed by atoms with van der Waals surface area (Å²) >= 11 is 0. The van der Waals surface area contributed by atoms with Crippen molar-refractivity contribution < 1.29 is 34.2 Å². The molecule has 50 heavy (non-hydrogen) atoms. The zero-order chi connectivity index (χ0) is 39.1. The third-order valence-corrected chi connectivity index (χ3v) is 6.33. The quantitative estimate of drug-likeness (QED) is 0.0360. The van der Waals surface area contributed by atoms with Gasteiger partial charge in [0, 0.05) is 26.5 Å². The average Bonchev–Trinajstić information content (AvgIpc) is 3.66. The number of hydrogen-bond acceptors (Lipinski definition) is 8. The van der Waals surface area contributed by atoms with Gasteiger partial charge in [-0.2, -0.15) is 0 Å². The number of benzene rings is 1. The summed E-state index contributed by atoms with van der Waals surface area (Å²) in [5.41, 5.74) is 1.47. The van der Waals surface area contributed by atoms with Crippen LogP contribution in [0.2, 0.25) is 0 Å². The number of aldehydes is 1. The van der Waals surface area contributed by atoms with Crippen molar-refractivity contribution in [3.8, 4) is 0 Å². The first-order chi connectivity index (χ1) is 24.3. The van der Waals surface area contributed by atoms with Gasteiger partial charge in [0.2, 0.25) is 5.91 Å². The minimum Gasteiger partial charge on any atom is -0.466 e. The number of nitrogens with zero attached hydrogens (tertiary/aromatic N) is 1. The molecule has 1 aromatic rings. The Balaban J connectivity index is -0.000000185. The summed E-state index contributed by atoms with van der Waals surface area (Å²) in [7, 11) is 1.00. The molecule has 0 aromatic heterocycles. The fourth-order valence-corrected chi connectivity index (χ4v) is 4.11. The Labute approximate surface area is 306 Å². The summed E-state index contributed by atoms with van der Waals surface area (Å²) < 4.78 is 4.73. The number of aryl methyl sites for hydroxylation is 1. The summed E-state index contributed by atoms with van der Waals surface area (Å²) in [6.45, 7) is 17.3. The molecule has 0 atom stereocenters. The van der Waals surface area contributed by atoms with Crippen molar-refractivity contribution in [1.29, 1.82) is 0 Å². The maximum atomic E-state index is 10.8. The minimum absolute atomic E-state index is 0.00110. The Morgan fingerprint density at radius 3 is 1.98 bits per heavy atom. The molecule has 1 aliphatic carbocycles. The summed E-state index contributed by atoms with van der Waals surface area (Å²) in [5.74, 6) is 0.657. The number of ether oxygens (including phenoxy) is 1. The number of allylic oxidation sites excluding steroid dienone is 2.